The summed E-state index contributed by atoms with van der Waals surface area (Å²) in [6.07, 6.45) is 0.775. The van der Waals surface area contributed by atoms with E-state index in [1.165, 1.54) is 0 Å². The summed E-state index contributed by atoms with van der Waals surface area (Å²) in [6, 6.07) is 24.1. The Balaban J connectivity index is 1.72. The lowest BCUT2D eigenvalue weighted by atomic mass is 10.0. The molecule has 0 heterocycles. The molecule has 0 bridgehead atoms. The molecule has 3 rings (SSSR count). The predicted octanol–water partition coefficient (Wildman–Crippen LogP) is 5.98. The van der Waals surface area contributed by atoms with E-state index in [2.05, 4.69) is 24.3 Å². The summed E-state index contributed by atoms with van der Waals surface area (Å²) in [6.45, 7) is 3.85. The minimum absolute atomic E-state index is 0.0878. The summed E-state index contributed by atoms with van der Waals surface area (Å²) in [5.74, 6) is 1.16. The van der Waals surface area contributed by atoms with E-state index in [0.717, 1.165) is 34.4 Å². The molecule has 1 atom stereocenters. The predicted molar refractivity (Wildman–Crippen MR) is 109 cm³/mol. The molecular formula is C24H24O3. The van der Waals surface area contributed by atoms with Gasteiger partial charge in [-0.05, 0) is 52.9 Å². The average molecular weight is 360 g/mol. The van der Waals surface area contributed by atoms with Gasteiger partial charge in [0.1, 0.15) is 11.5 Å². The number of benzene rings is 3. The van der Waals surface area contributed by atoms with Crippen LogP contribution in [0.5, 0.6) is 11.5 Å². The van der Waals surface area contributed by atoms with Crippen molar-refractivity contribution in [2.75, 3.05) is 7.11 Å². The van der Waals surface area contributed by atoms with Gasteiger partial charge in [0.15, 0.2) is 0 Å². The molecule has 0 saturated carbocycles. The first-order valence-electron chi connectivity index (χ1n) is 9.17. The highest BCUT2D eigenvalue weighted by atomic mass is 16.5. The fraction of sp³-hybridized carbons (Fsp3) is 0.208. The molecule has 0 amide bonds. The van der Waals surface area contributed by atoms with E-state index < -0.39 is 0 Å². The van der Waals surface area contributed by atoms with Gasteiger partial charge in [0.2, 0.25) is 0 Å². The van der Waals surface area contributed by atoms with E-state index in [1.807, 2.05) is 62.4 Å². The van der Waals surface area contributed by atoms with Crippen molar-refractivity contribution in [1.29, 1.82) is 0 Å². The van der Waals surface area contributed by atoms with Crippen molar-refractivity contribution >= 4 is 5.97 Å². The molecule has 0 saturated heterocycles. The quantitative estimate of drug-likeness (QED) is 0.401. The zero-order valence-corrected chi connectivity index (χ0v) is 15.9. The number of esters is 1. The van der Waals surface area contributed by atoms with Crippen LogP contribution in [0.3, 0.4) is 0 Å². The molecule has 0 aliphatic heterocycles. The number of ether oxygens (including phenoxy) is 2. The summed E-state index contributed by atoms with van der Waals surface area (Å²) in [5.41, 5.74) is 4.50. The Morgan fingerprint density at radius 2 is 1.11 bits per heavy atom. The Morgan fingerprint density at radius 1 is 0.741 bits per heavy atom. The summed E-state index contributed by atoms with van der Waals surface area (Å²) >= 11 is 0. The number of methoxy groups -OCH3 is 1. The van der Waals surface area contributed by atoms with E-state index in [4.69, 9.17) is 9.47 Å². The number of rotatable bonds is 6. The highest BCUT2D eigenvalue weighted by Gasteiger charge is 2.12. The lowest BCUT2D eigenvalue weighted by molar-refractivity contribution is -0.138. The Morgan fingerprint density at radius 3 is 1.48 bits per heavy atom. The topological polar surface area (TPSA) is 35.5 Å². The normalized spacial score (nSPS) is 11.7. The molecule has 138 valence electrons. The third-order valence-electron chi connectivity index (χ3n) is 4.73. The maximum Gasteiger partial charge on any atom is 0.314 e. The van der Waals surface area contributed by atoms with Crippen molar-refractivity contribution in [2.45, 2.75) is 20.3 Å². The van der Waals surface area contributed by atoms with E-state index in [1.54, 1.807) is 7.11 Å². The van der Waals surface area contributed by atoms with Crippen LogP contribution in [0, 0.1) is 5.92 Å². The van der Waals surface area contributed by atoms with Gasteiger partial charge in [-0.25, -0.2) is 0 Å². The molecule has 3 aromatic carbocycles. The molecular weight excluding hydrogens is 336 g/mol. The van der Waals surface area contributed by atoms with E-state index >= 15 is 0 Å². The van der Waals surface area contributed by atoms with Crippen molar-refractivity contribution in [3.63, 3.8) is 0 Å². The standard InChI is InChI=1S/C24H24O3/c1-4-17(2)24(25)27-23-15-11-21(12-16-23)19-7-5-18(6-8-19)20-9-13-22(26-3)14-10-20/h5-17H,4H2,1-3H3. The number of carbonyl (C=O) groups excluding carboxylic acids is 1. The highest BCUT2D eigenvalue weighted by Crippen LogP contribution is 2.27. The van der Waals surface area contributed by atoms with Crippen LogP contribution in [0.15, 0.2) is 72.8 Å². The van der Waals surface area contributed by atoms with Crippen LogP contribution in [0.4, 0.5) is 0 Å². The molecule has 27 heavy (non-hydrogen) atoms. The van der Waals surface area contributed by atoms with Crippen molar-refractivity contribution in [3.8, 4) is 33.8 Å². The van der Waals surface area contributed by atoms with Crippen LogP contribution in [0.25, 0.3) is 22.3 Å². The van der Waals surface area contributed by atoms with Crippen molar-refractivity contribution in [1.82, 2.24) is 0 Å². The zero-order valence-electron chi connectivity index (χ0n) is 15.9. The molecule has 3 nitrogen and oxygen atoms in total. The van der Waals surface area contributed by atoms with Crippen LogP contribution in [0.2, 0.25) is 0 Å². The van der Waals surface area contributed by atoms with Crippen molar-refractivity contribution in [3.05, 3.63) is 72.8 Å². The third kappa shape index (κ3) is 4.56. The second-order valence-electron chi connectivity index (χ2n) is 6.56. The highest BCUT2D eigenvalue weighted by molar-refractivity contribution is 5.75. The fourth-order valence-corrected chi connectivity index (χ4v) is 2.74. The Bertz CT molecular complexity index is 878. The Kier molecular flexibility index (Phi) is 5.92. The number of hydrogen-bond acceptors (Lipinski definition) is 3. The minimum atomic E-state index is -0.186. The van der Waals surface area contributed by atoms with Gasteiger partial charge < -0.3 is 9.47 Å². The second-order valence-corrected chi connectivity index (χ2v) is 6.56. The second kappa shape index (κ2) is 8.54. The minimum Gasteiger partial charge on any atom is -0.497 e. The van der Waals surface area contributed by atoms with Crippen LogP contribution < -0.4 is 9.47 Å². The summed E-state index contributed by atoms with van der Waals surface area (Å²) in [4.78, 5) is 11.9. The molecule has 0 aliphatic rings. The lowest BCUT2D eigenvalue weighted by Gasteiger charge is -2.10. The van der Waals surface area contributed by atoms with Gasteiger partial charge in [-0.1, -0.05) is 62.4 Å². The SMILES string of the molecule is CCC(C)C(=O)Oc1ccc(-c2ccc(-c3ccc(OC)cc3)cc2)cc1. The molecule has 0 aromatic heterocycles. The van der Waals surface area contributed by atoms with E-state index in [9.17, 15) is 4.79 Å². The summed E-state index contributed by atoms with van der Waals surface area (Å²) in [5, 5.41) is 0. The molecule has 0 N–H and O–H groups in total. The van der Waals surface area contributed by atoms with Crippen LogP contribution >= 0.6 is 0 Å². The third-order valence-corrected chi connectivity index (χ3v) is 4.73. The van der Waals surface area contributed by atoms with Gasteiger partial charge >= 0.3 is 5.97 Å². The summed E-state index contributed by atoms with van der Waals surface area (Å²) in [7, 11) is 1.67. The van der Waals surface area contributed by atoms with E-state index in [-0.39, 0.29) is 11.9 Å². The first-order valence-corrected chi connectivity index (χ1v) is 9.17. The molecule has 0 aliphatic carbocycles. The average Bonchev–Trinajstić information content (AvgIpc) is 2.74. The van der Waals surface area contributed by atoms with Gasteiger partial charge in [0.25, 0.3) is 0 Å². The van der Waals surface area contributed by atoms with Crippen molar-refractivity contribution in [2.24, 2.45) is 5.92 Å². The fourth-order valence-electron chi connectivity index (χ4n) is 2.74. The van der Waals surface area contributed by atoms with Gasteiger partial charge in [-0.15, -0.1) is 0 Å². The van der Waals surface area contributed by atoms with Gasteiger partial charge in [0.05, 0.1) is 13.0 Å². The monoisotopic (exact) mass is 360 g/mol. The van der Waals surface area contributed by atoms with Gasteiger partial charge in [-0.3, -0.25) is 4.79 Å². The zero-order chi connectivity index (χ0) is 19.2. The molecule has 1 unspecified atom stereocenters. The molecule has 0 radical (unpaired) electrons. The molecule has 3 aromatic rings. The van der Waals surface area contributed by atoms with E-state index in [0.29, 0.717) is 5.75 Å². The Labute approximate surface area is 160 Å². The number of hydrogen-bond donors (Lipinski definition) is 0. The summed E-state index contributed by atoms with van der Waals surface area (Å²) < 4.78 is 10.6. The van der Waals surface area contributed by atoms with Gasteiger partial charge in [0, 0.05) is 0 Å². The van der Waals surface area contributed by atoms with Crippen LogP contribution in [-0.4, -0.2) is 13.1 Å². The maximum atomic E-state index is 11.9. The smallest absolute Gasteiger partial charge is 0.314 e. The Hall–Kier alpha value is -3.07. The van der Waals surface area contributed by atoms with Gasteiger partial charge in [-0.2, -0.15) is 0 Å². The molecule has 0 fully saturated rings. The van der Waals surface area contributed by atoms with Crippen molar-refractivity contribution < 1.29 is 14.3 Å². The number of carbonyl (C=O) groups is 1. The maximum absolute atomic E-state index is 11.9. The molecule has 0 spiro atoms. The molecule has 3 heteroatoms. The van der Waals surface area contributed by atoms with Crippen LogP contribution in [0.1, 0.15) is 20.3 Å². The first kappa shape index (κ1) is 18.7. The first-order chi connectivity index (χ1) is 13.1. The largest absolute Gasteiger partial charge is 0.497 e. The lowest BCUT2D eigenvalue weighted by Crippen LogP contribution is -2.16. The van der Waals surface area contributed by atoms with Crippen LogP contribution in [-0.2, 0) is 4.79 Å².